The van der Waals surface area contributed by atoms with Crippen LogP contribution in [0.4, 0.5) is 5.69 Å². The van der Waals surface area contributed by atoms with Crippen LogP contribution in [0.15, 0.2) is 51.9 Å². The molecular formula is C27H28N2O3. The second kappa shape index (κ2) is 8.50. The topological polar surface area (TPSA) is 74.8 Å². The van der Waals surface area contributed by atoms with Gasteiger partial charge in [-0.15, -0.1) is 0 Å². The van der Waals surface area contributed by atoms with E-state index in [0.717, 1.165) is 50.8 Å². The Kier molecular flexibility index (Phi) is 5.74. The normalized spacial score (nSPS) is 12.0. The molecule has 0 bridgehead atoms. The number of anilines is 1. The van der Waals surface area contributed by atoms with Crippen molar-refractivity contribution >= 4 is 22.6 Å². The molecule has 0 saturated carbocycles. The number of nitrogens with zero attached hydrogens (tertiary/aromatic N) is 1. The molecule has 0 unspecified atom stereocenters. The molecule has 2 aliphatic rings. The smallest absolute Gasteiger partial charge is 0.336 e. The molecule has 2 aromatic carbocycles. The third-order valence-corrected chi connectivity index (χ3v) is 5.75. The number of carbonyl (C=O) groups is 1. The van der Waals surface area contributed by atoms with Crippen molar-refractivity contribution in [2.24, 2.45) is 4.99 Å². The van der Waals surface area contributed by atoms with Gasteiger partial charge in [0.1, 0.15) is 11.3 Å². The molecule has 0 atom stereocenters. The third kappa shape index (κ3) is 3.75. The van der Waals surface area contributed by atoms with Gasteiger partial charge in [0.2, 0.25) is 0 Å². The summed E-state index contributed by atoms with van der Waals surface area (Å²) in [4.78, 5) is 16.7. The van der Waals surface area contributed by atoms with Crippen LogP contribution in [0.2, 0.25) is 0 Å². The minimum absolute atomic E-state index is 0.276. The predicted molar refractivity (Wildman–Crippen MR) is 130 cm³/mol. The third-order valence-electron chi connectivity index (χ3n) is 5.75. The van der Waals surface area contributed by atoms with Crippen molar-refractivity contribution in [1.82, 2.24) is 0 Å². The Morgan fingerprint density at radius 2 is 1.78 bits per heavy atom. The van der Waals surface area contributed by atoms with Crippen LogP contribution in [0, 0.1) is 20.8 Å². The van der Waals surface area contributed by atoms with E-state index in [1.165, 1.54) is 0 Å². The second-order valence-corrected chi connectivity index (χ2v) is 8.13. The van der Waals surface area contributed by atoms with Crippen LogP contribution in [-0.2, 0) is 0 Å². The number of nitrogens with one attached hydrogen (secondary N) is 1. The van der Waals surface area contributed by atoms with E-state index >= 15 is 0 Å². The minimum Gasteiger partial charge on any atom is -0.478 e. The van der Waals surface area contributed by atoms with Crippen LogP contribution in [0.3, 0.4) is 0 Å². The van der Waals surface area contributed by atoms with E-state index in [0.29, 0.717) is 23.5 Å². The van der Waals surface area contributed by atoms with Gasteiger partial charge in [-0.25, -0.2) is 4.79 Å². The van der Waals surface area contributed by atoms with Crippen LogP contribution in [-0.4, -0.2) is 24.2 Å². The molecule has 1 aliphatic heterocycles. The van der Waals surface area contributed by atoms with Crippen molar-refractivity contribution in [2.75, 3.05) is 18.4 Å². The molecule has 1 aliphatic carbocycles. The van der Waals surface area contributed by atoms with Gasteiger partial charge in [-0.1, -0.05) is 17.7 Å². The molecule has 2 aromatic rings. The molecule has 1 heterocycles. The van der Waals surface area contributed by atoms with Gasteiger partial charge in [-0.05, 0) is 69.5 Å². The Morgan fingerprint density at radius 1 is 1.00 bits per heavy atom. The Hall–Kier alpha value is -3.60. The highest BCUT2D eigenvalue weighted by Gasteiger charge is 2.23. The van der Waals surface area contributed by atoms with E-state index in [1.807, 2.05) is 52.0 Å². The van der Waals surface area contributed by atoms with Gasteiger partial charge in [0.05, 0.1) is 10.9 Å². The molecule has 0 spiro atoms. The highest BCUT2D eigenvalue weighted by atomic mass is 16.4. The number of carboxylic acids is 1. The number of benzene rings is 3. The lowest BCUT2D eigenvalue weighted by Crippen LogP contribution is -2.09. The van der Waals surface area contributed by atoms with Crippen molar-refractivity contribution < 1.29 is 14.3 Å². The monoisotopic (exact) mass is 428 g/mol. The Balaban J connectivity index is 2.22. The summed E-state index contributed by atoms with van der Waals surface area (Å²) in [7, 11) is 0. The molecule has 0 amide bonds. The fourth-order valence-corrected chi connectivity index (χ4v) is 4.25. The first-order valence-electron chi connectivity index (χ1n) is 10.9. The summed E-state index contributed by atoms with van der Waals surface area (Å²) in [6.07, 6.45) is 0. The molecule has 0 aromatic heterocycles. The van der Waals surface area contributed by atoms with Gasteiger partial charge in [0, 0.05) is 47.4 Å². The largest absolute Gasteiger partial charge is 0.478 e. The highest BCUT2D eigenvalue weighted by molar-refractivity contribution is 6.08. The summed E-state index contributed by atoms with van der Waals surface area (Å²) in [5.74, 6) is -0.258. The van der Waals surface area contributed by atoms with E-state index in [4.69, 9.17) is 4.42 Å². The van der Waals surface area contributed by atoms with Crippen molar-refractivity contribution in [3.8, 4) is 22.5 Å². The molecule has 0 radical (unpaired) electrons. The first kappa shape index (κ1) is 21.6. The first-order chi connectivity index (χ1) is 15.3. The van der Waals surface area contributed by atoms with Crippen LogP contribution >= 0.6 is 0 Å². The highest BCUT2D eigenvalue weighted by Crippen LogP contribution is 2.43. The Bertz CT molecular complexity index is 1380. The maximum absolute atomic E-state index is 12.1. The van der Waals surface area contributed by atoms with Gasteiger partial charge in [0.15, 0.2) is 0 Å². The zero-order valence-electron chi connectivity index (χ0n) is 19.2. The SMILES string of the molecule is CCN=c1cc2oc3cc(NCC)c(C)cc3c(-c3cc(C)ccc3C(=O)O)c-2cc1C. The van der Waals surface area contributed by atoms with Gasteiger partial charge < -0.3 is 14.8 Å². The molecular weight excluding hydrogens is 400 g/mol. The summed E-state index contributed by atoms with van der Waals surface area (Å²) in [6, 6.07) is 13.6. The van der Waals surface area contributed by atoms with E-state index < -0.39 is 5.97 Å². The first-order valence-corrected chi connectivity index (χ1v) is 10.9. The van der Waals surface area contributed by atoms with Crippen LogP contribution in [0.1, 0.15) is 40.9 Å². The second-order valence-electron chi connectivity index (χ2n) is 8.13. The molecule has 5 nitrogen and oxygen atoms in total. The maximum Gasteiger partial charge on any atom is 0.336 e. The Morgan fingerprint density at radius 3 is 2.47 bits per heavy atom. The van der Waals surface area contributed by atoms with Gasteiger partial charge in [0.25, 0.3) is 0 Å². The molecule has 0 fully saturated rings. The summed E-state index contributed by atoms with van der Waals surface area (Å²) < 4.78 is 6.38. The number of aryl methyl sites for hydroxylation is 3. The van der Waals surface area contributed by atoms with E-state index in [2.05, 4.69) is 29.4 Å². The molecule has 0 saturated heterocycles. The number of aromatic carboxylic acids is 1. The van der Waals surface area contributed by atoms with E-state index in [1.54, 1.807) is 6.07 Å². The van der Waals surface area contributed by atoms with Crippen LogP contribution in [0.5, 0.6) is 0 Å². The summed E-state index contributed by atoms with van der Waals surface area (Å²) >= 11 is 0. The lowest BCUT2D eigenvalue weighted by molar-refractivity contribution is 0.0697. The fourth-order valence-electron chi connectivity index (χ4n) is 4.25. The molecule has 164 valence electrons. The van der Waals surface area contributed by atoms with Gasteiger partial charge >= 0.3 is 5.97 Å². The molecule has 32 heavy (non-hydrogen) atoms. The quantitative estimate of drug-likeness (QED) is 0.372. The standard InChI is InChI=1S/C27H28N2O3/c1-6-28-22-13-24-20(11-16(22)4)26(19-10-15(3)8-9-18(19)27(30)31)21-12-17(5)23(29-7-2)14-25(21)32-24/h8-14,28H,6-7H2,1-5H3,(H,30,31). The predicted octanol–water partition coefficient (Wildman–Crippen LogP) is 6.18. The number of hydrogen-bond donors (Lipinski definition) is 2. The van der Waals surface area contributed by atoms with Crippen LogP contribution in [0.25, 0.3) is 33.4 Å². The summed E-state index contributed by atoms with van der Waals surface area (Å²) in [5, 5.41) is 15.1. The number of hydrogen-bond acceptors (Lipinski definition) is 4. The van der Waals surface area contributed by atoms with Crippen molar-refractivity contribution in [3.63, 3.8) is 0 Å². The number of carboxylic acid groups (broad SMARTS) is 1. The zero-order valence-corrected chi connectivity index (χ0v) is 19.2. The van der Waals surface area contributed by atoms with Crippen LogP contribution < -0.4 is 10.7 Å². The van der Waals surface area contributed by atoms with Crippen molar-refractivity contribution in [3.05, 3.63) is 70.1 Å². The maximum atomic E-state index is 12.1. The van der Waals surface area contributed by atoms with E-state index in [-0.39, 0.29) is 5.56 Å². The lowest BCUT2D eigenvalue weighted by atomic mass is 9.88. The molecule has 5 heteroatoms. The summed E-state index contributed by atoms with van der Waals surface area (Å²) in [6.45, 7) is 11.6. The average Bonchev–Trinajstić information content (AvgIpc) is 2.74. The fraction of sp³-hybridized carbons (Fsp3) is 0.259. The van der Waals surface area contributed by atoms with Gasteiger partial charge in [-0.3, -0.25) is 4.99 Å². The van der Waals surface area contributed by atoms with Crippen molar-refractivity contribution in [2.45, 2.75) is 34.6 Å². The molecule has 4 rings (SSSR count). The van der Waals surface area contributed by atoms with Gasteiger partial charge in [-0.2, -0.15) is 0 Å². The lowest BCUT2D eigenvalue weighted by Gasteiger charge is -2.19. The van der Waals surface area contributed by atoms with Crippen molar-refractivity contribution in [1.29, 1.82) is 0 Å². The zero-order chi connectivity index (χ0) is 23.0. The average molecular weight is 429 g/mol. The summed E-state index contributed by atoms with van der Waals surface area (Å²) in [5.41, 5.74) is 7.54. The Labute approximate surface area is 187 Å². The van der Waals surface area contributed by atoms with E-state index in [9.17, 15) is 9.90 Å². The number of fused-ring (bicyclic) bond motifs is 2. The molecule has 2 N–H and O–H groups in total. The number of rotatable bonds is 5. The minimum atomic E-state index is -0.947.